The van der Waals surface area contributed by atoms with Crippen LogP contribution in [0.25, 0.3) is 0 Å². The molecule has 2 heterocycles. The number of hydrogen-bond donors (Lipinski definition) is 1. The largest absolute Gasteiger partial charge is 0.392 e. The van der Waals surface area contributed by atoms with E-state index in [0.29, 0.717) is 17.3 Å². The van der Waals surface area contributed by atoms with Gasteiger partial charge in [-0.1, -0.05) is 6.92 Å². The van der Waals surface area contributed by atoms with E-state index in [1.165, 1.54) is 12.3 Å². The third-order valence-electron chi connectivity index (χ3n) is 3.57. The van der Waals surface area contributed by atoms with Crippen LogP contribution in [0.4, 0.5) is 10.2 Å². The predicted molar refractivity (Wildman–Crippen MR) is 66.9 cm³/mol. The highest BCUT2D eigenvalue weighted by atomic mass is 19.1. The van der Waals surface area contributed by atoms with E-state index in [9.17, 15) is 9.50 Å². The van der Waals surface area contributed by atoms with E-state index in [0.717, 1.165) is 19.5 Å². The zero-order chi connectivity index (χ0) is 13.1. The Labute approximate surface area is 106 Å². The number of pyridine rings is 1. The van der Waals surface area contributed by atoms with Gasteiger partial charge in [-0.15, -0.1) is 0 Å². The third-order valence-corrected chi connectivity index (χ3v) is 3.57. The number of aliphatic hydroxyl groups is 1. The zero-order valence-electron chi connectivity index (χ0n) is 10.8. The summed E-state index contributed by atoms with van der Waals surface area (Å²) in [6.45, 7) is 3.54. The number of aliphatic hydroxyl groups excluding tert-OH is 1. The first-order valence-electron chi connectivity index (χ1n) is 6.18. The fourth-order valence-corrected chi connectivity index (χ4v) is 2.41. The molecule has 0 aliphatic carbocycles. The van der Waals surface area contributed by atoms with E-state index < -0.39 is 5.82 Å². The molecule has 1 aliphatic heterocycles. The van der Waals surface area contributed by atoms with Gasteiger partial charge in [0, 0.05) is 25.8 Å². The predicted octanol–water partition coefficient (Wildman–Crippen LogP) is 1.57. The van der Waals surface area contributed by atoms with Crippen molar-refractivity contribution in [3.05, 3.63) is 23.6 Å². The molecule has 1 aromatic rings. The van der Waals surface area contributed by atoms with Gasteiger partial charge in [0.1, 0.15) is 11.6 Å². The molecule has 0 aromatic carbocycles. The van der Waals surface area contributed by atoms with Gasteiger partial charge in [-0.2, -0.15) is 0 Å². The number of hydrogen-bond acceptors (Lipinski definition) is 4. The molecular formula is C13H19FN2O2. The summed E-state index contributed by atoms with van der Waals surface area (Å²) in [7, 11) is 1.70. The Kier molecular flexibility index (Phi) is 4.14. The highest BCUT2D eigenvalue weighted by molar-refractivity contribution is 5.47. The van der Waals surface area contributed by atoms with Crippen molar-refractivity contribution < 1.29 is 14.2 Å². The summed E-state index contributed by atoms with van der Waals surface area (Å²) in [5.41, 5.74) is 0.527. The van der Waals surface area contributed by atoms with Crippen molar-refractivity contribution in [1.82, 2.24) is 4.98 Å². The fraction of sp³-hybridized carbons (Fsp3) is 0.615. The quantitative estimate of drug-likeness (QED) is 0.889. The lowest BCUT2D eigenvalue weighted by molar-refractivity contribution is 0.0495. The molecular weight excluding hydrogens is 235 g/mol. The first-order chi connectivity index (χ1) is 8.65. The number of halogens is 1. The van der Waals surface area contributed by atoms with Gasteiger partial charge in [0.05, 0.1) is 18.9 Å². The van der Waals surface area contributed by atoms with Crippen molar-refractivity contribution in [2.45, 2.75) is 26.1 Å². The van der Waals surface area contributed by atoms with Crippen LogP contribution in [0.2, 0.25) is 0 Å². The van der Waals surface area contributed by atoms with Crippen LogP contribution in [0, 0.1) is 11.7 Å². The lowest BCUT2D eigenvalue weighted by Gasteiger charge is -2.37. The van der Waals surface area contributed by atoms with Gasteiger partial charge < -0.3 is 14.7 Å². The van der Waals surface area contributed by atoms with E-state index in [-0.39, 0.29) is 12.7 Å². The summed E-state index contributed by atoms with van der Waals surface area (Å²) in [6.07, 6.45) is 2.34. The fourth-order valence-electron chi connectivity index (χ4n) is 2.41. The molecule has 0 bridgehead atoms. The summed E-state index contributed by atoms with van der Waals surface area (Å²) < 4.78 is 18.5. The summed E-state index contributed by atoms with van der Waals surface area (Å²) in [5, 5.41) is 9.28. The second kappa shape index (κ2) is 5.63. The highest BCUT2D eigenvalue weighted by Gasteiger charge is 2.27. The van der Waals surface area contributed by atoms with Gasteiger partial charge in [0.2, 0.25) is 0 Å². The molecule has 1 aliphatic rings. The minimum absolute atomic E-state index is 0.150. The Morgan fingerprint density at radius 1 is 1.61 bits per heavy atom. The maximum Gasteiger partial charge on any atom is 0.142 e. The van der Waals surface area contributed by atoms with Crippen LogP contribution in [0.3, 0.4) is 0 Å². The molecule has 0 spiro atoms. The minimum Gasteiger partial charge on any atom is -0.392 e. The first-order valence-corrected chi connectivity index (χ1v) is 6.18. The zero-order valence-corrected chi connectivity index (χ0v) is 10.8. The smallest absolute Gasteiger partial charge is 0.142 e. The standard InChI is InChI=1S/C13H19FN2O2/c1-9-3-4-16(7-12(9)18-2)13-10(8-17)5-11(14)6-15-13/h5-6,9,12,17H,3-4,7-8H2,1-2H3. The summed E-state index contributed by atoms with van der Waals surface area (Å²) in [4.78, 5) is 6.16. The number of methoxy groups -OCH3 is 1. The molecule has 5 heteroatoms. The summed E-state index contributed by atoms with van der Waals surface area (Å²) in [6, 6.07) is 1.34. The Morgan fingerprint density at radius 3 is 3.06 bits per heavy atom. The van der Waals surface area contributed by atoms with Gasteiger partial charge in [-0.05, 0) is 18.4 Å². The monoisotopic (exact) mass is 254 g/mol. The number of rotatable bonds is 3. The molecule has 1 N–H and O–H groups in total. The van der Waals surface area contributed by atoms with Crippen molar-refractivity contribution in [3.63, 3.8) is 0 Å². The Hall–Kier alpha value is -1.20. The number of anilines is 1. The second-order valence-corrected chi connectivity index (χ2v) is 4.78. The molecule has 2 rings (SSSR count). The average Bonchev–Trinajstić information content (AvgIpc) is 2.39. The first kappa shape index (κ1) is 13.2. The van der Waals surface area contributed by atoms with Crippen molar-refractivity contribution in [3.8, 4) is 0 Å². The SMILES string of the molecule is COC1CN(c2ncc(F)cc2CO)CCC1C. The summed E-state index contributed by atoms with van der Waals surface area (Å²) >= 11 is 0. The average molecular weight is 254 g/mol. The van der Waals surface area contributed by atoms with Crippen LogP contribution < -0.4 is 4.90 Å². The normalized spacial score (nSPS) is 24.3. The molecule has 1 aromatic heterocycles. The van der Waals surface area contributed by atoms with E-state index in [4.69, 9.17) is 4.74 Å². The second-order valence-electron chi connectivity index (χ2n) is 4.78. The summed E-state index contributed by atoms with van der Waals surface area (Å²) in [5.74, 6) is 0.744. The van der Waals surface area contributed by atoms with E-state index in [1.807, 2.05) is 0 Å². The third kappa shape index (κ3) is 2.62. The van der Waals surface area contributed by atoms with Gasteiger partial charge in [-0.25, -0.2) is 9.37 Å². The Balaban J connectivity index is 2.21. The number of aromatic nitrogens is 1. The Bertz CT molecular complexity index is 414. The van der Waals surface area contributed by atoms with E-state index >= 15 is 0 Å². The molecule has 1 fully saturated rings. The molecule has 0 amide bonds. The van der Waals surface area contributed by atoms with Crippen molar-refractivity contribution in [2.24, 2.45) is 5.92 Å². The maximum absolute atomic E-state index is 13.1. The lowest BCUT2D eigenvalue weighted by Crippen LogP contribution is -2.44. The minimum atomic E-state index is -0.420. The number of nitrogens with zero attached hydrogens (tertiary/aromatic N) is 2. The van der Waals surface area contributed by atoms with E-state index in [1.54, 1.807) is 7.11 Å². The molecule has 0 saturated carbocycles. The van der Waals surface area contributed by atoms with E-state index in [2.05, 4.69) is 16.8 Å². The molecule has 100 valence electrons. The maximum atomic E-state index is 13.1. The molecule has 2 unspecified atom stereocenters. The van der Waals surface area contributed by atoms with Gasteiger partial charge in [0.25, 0.3) is 0 Å². The van der Waals surface area contributed by atoms with Gasteiger partial charge in [-0.3, -0.25) is 0 Å². The van der Waals surface area contributed by atoms with Crippen LogP contribution >= 0.6 is 0 Å². The van der Waals surface area contributed by atoms with Crippen LogP contribution in [-0.2, 0) is 11.3 Å². The molecule has 18 heavy (non-hydrogen) atoms. The van der Waals surface area contributed by atoms with Crippen LogP contribution in [0.5, 0.6) is 0 Å². The highest BCUT2D eigenvalue weighted by Crippen LogP contribution is 2.26. The van der Waals surface area contributed by atoms with Crippen molar-refractivity contribution in [2.75, 3.05) is 25.1 Å². The number of ether oxygens (including phenoxy) is 1. The number of piperidine rings is 1. The van der Waals surface area contributed by atoms with Crippen molar-refractivity contribution >= 4 is 5.82 Å². The molecule has 4 nitrogen and oxygen atoms in total. The van der Waals surface area contributed by atoms with Crippen LogP contribution in [0.1, 0.15) is 18.9 Å². The van der Waals surface area contributed by atoms with Gasteiger partial charge in [0.15, 0.2) is 0 Å². The van der Waals surface area contributed by atoms with Crippen LogP contribution in [-0.4, -0.2) is 36.4 Å². The van der Waals surface area contributed by atoms with Crippen LogP contribution in [0.15, 0.2) is 12.3 Å². The Morgan fingerprint density at radius 2 is 2.39 bits per heavy atom. The molecule has 2 atom stereocenters. The topological polar surface area (TPSA) is 45.6 Å². The molecule has 0 radical (unpaired) electrons. The van der Waals surface area contributed by atoms with Crippen molar-refractivity contribution in [1.29, 1.82) is 0 Å². The molecule has 1 saturated heterocycles. The van der Waals surface area contributed by atoms with Gasteiger partial charge >= 0.3 is 0 Å². The lowest BCUT2D eigenvalue weighted by atomic mass is 9.95.